The Hall–Kier alpha value is 1.66. The predicted octanol–water partition coefficient (Wildman–Crippen LogP) is -2.89. The standard InChI is InChI=1S/C3H6O4S.Cs.H/c1-2-3-7-8(4,5)6;;/h2H,1,3H2,(H,4,5,6);;/q;+1;-1. The molecule has 9 heavy (non-hydrogen) atoms. The zero-order valence-corrected chi connectivity index (χ0v) is 12.2. The summed E-state index contributed by atoms with van der Waals surface area (Å²) in [7, 11) is -4.26. The molecule has 0 amide bonds. The molecule has 1 N–H and O–H groups in total. The third kappa shape index (κ3) is 12.8. The molecule has 0 saturated carbocycles. The molecular weight excluding hydrogens is 265 g/mol. The van der Waals surface area contributed by atoms with Crippen molar-refractivity contribution in [2.45, 2.75) is 0 Å². The summed E-state index contributed by atoms with van der Waals surface area (Å²) in [4.78, 5) is 0. The first kappa shape index (κ1) is 13.3. The number of hydrogen-bond acceptors (Lipinski definition) is 3. The number of rotatable bonds is 3. The maximum atomic E-state index is 9.68. The normalized spacial score (nSPS) is 9.89. The van der Waals surface area contributed by atoms with Gasteiger partial charge in [-0.2, -0.15) is 8.42 Å². The van der Waals surface area contributed by atoms with Gasteiger partial charge in [0.25, 0.3) is 0 Å². The topological polar surface area (TPSA) is 63.6 Å². The first-order valence-corrected chi connectivity index (χ1v) is 3.15. The summed E-state index contributed by atoms with van der Waals surface area (Å²) in [5.41, 5.74) is 0. The summed E-state index contributed by atoms with van der Waals surface area (Å²) in [5, 5.41) is 0. The molecule has 0 unspecified atom stereocenters. The van der Waals surface area contributed by atoms with E-state index < -0.39 is 10.4 Å². The maximum absolute atomic E-state index is 9.68. The molecule has 0 aromatic heterocycles. The summed E-state index contributed by atoms with van der Waals surface area (Å²) in [6, 6.07) is 0. The van der Waals surface area contributed by atoms with Gasteiger partial charge in [0.2, 0.25) is 0 Å². The van der Waals surface area contributed by atoms with Gasteiger partial charge in [0.05, 0.1) is 6.61 Å². The largest absolute Gasteiger partial charge is 1.00 e. The molecule has 0 aromatic carbocycles. The van der Waals surface area contributed by atoms with Gasteiger partial charge in [-0.1, -0.05) is 6.08 Å². The second kappa shape index (κ2) is 6.38. The molecule has 0 rings (SSSR count). The Balaban J connectivity index is -0.000000245. The van der Waals surface area contributed by atoms with Crippen LogP contribution in [0.4, 0.5) is 0 Å². The van der Waals surface area contributed by atoms with E-state index in [1.54, 1.807) is 0 Å². The average Bonchev–Trinajstić information content (AvgIpc) is 1.59. The number of hydrogen-bond donors (Lipinski definition) is 1. The van der Waals surface area contributed by atoms with Crippen LogP contribution in [0.25, 0.3) is 0 Å². The van der Waals surface area contributed by atoms with Crippen molar-refractivity contribution in [2.75, 3.05) is 6.61 Å². The van der Waals surface area contributed by atoms with Crippen molar-refractivity contribution in [1.82, 2.24) is 0 Å². The third-order valence-corrected chi connectivity index (χ3v) is 0.769. The van der Waals surface area contributed by atoms with Gasteiger partial charge < -0.3 is 1.43 Å². The van der Waals surface area contributed by atoms with Crippen molar-refractivity contribution in [2.24, 2.45) is 0 Å². The molecule has 0 saturated heterocycles. The van der Waals surface area contributed by atoms with E-state index in [2.05, 4.69) is 10.8 Å². The van der Waals surface area contributed by atoms with Crippen molar-refractivity contribution in [3.63, 3.8) is 0 Å². The van der Waals surface area contributed by atoms with Crippen molar-refractivity contribution in [3.05, 3.63) is 12.7 Å². The molecule has 6 heteroatoms. The fourth-order valence-corrected chi connectivity index (χ4v) is 0.402. The van der Waals surface area contributed by atoms with Gasteiger partial charge in [-0.25, -0.2) is 4.18 Å². The Morgan fingerprint density at radius 1 is 1.78 bits per heavy atom. The first-order chi connectivity index (χ1) is 3.56. The van der Waals surface area contributed by atoms with Crippen molar-refractivity contribution in [1.29, 1.82) is 0 Å². The molecule has 0 bridgehead atoms. The van der Waals surface area contributed by atoms with Gasteiger partial charge in [0, 0.05) is 0 Å². The molecule has 0 heterocycles. The van der Waals surface area contributed by atoms with Crippen LogP contribution < -0.4 is 68.9 Å². The van der Waals surface area contributed by atoms with Gasteiger partial charge in [0.15, 0.2) is 0 Å². The van der Waals surface area contributed by atoms with E-state index in [1.165, 1.54) is 6.08 Å². The van der Waals surface area contributed by atoms with Crippen molar-refractivity contribution < 1.29 is 87.5 Å². The van der Waals surface area contributed by atoms with E-state index in [1.807, 2.05) is 0 Å². The minimum absolute atomic E-state index is 0. The second-order valence-electron chi connectivity index (χ2n) is 1.00. The zero-order valence-electron chi connectivity index (χ0n) is 6.07. The predicted molar refractivity (Wildman–Crippen MR) is 28.8 cm³/mol. The molecule has 0 aliphatic heterocycles. The molecule has 0 radical (unpaired) electrons. The molecule has 0 aromatic rings. The molecule has 0 fully saturated rings. The van der Waals surface area contributed by atoms with Gasteiger partial charge in [-0.15, -0.1) is 6.58 Å². The van der Waals surface area contributed by atoms with Crippen LogP contribution in [0.1, 0.15) is 1.43 Å². The van der Waals surface area contributed by atoms with E-state index in [4.69, 9.17) is 4.55 Å². The van der Waals surface area contributed by atoms with E-state index in [0.717, 1.165) is 0 Å². The van der Waals surface area contributed by atoms with Crippen molar-refractivity contribution in [3.8, 4) is 0 Å². The summed E-state index contributed by atoms with van der Waals surface area (Å²) in [5.74, 6) is 0. The molecule has 0 aliphatic rings. The molecular formula is C3H7CsO4S. The quantitative estimate of drug-likeness (QED) is 0.442. The smallest absolute Gasteiger partial charge is 1.00 e. The summed E-state index contributed by atoms with van der Waals surface area (Å²) < 4.78 is 31.0. The zero-order chi connectivity index (χ0) is 6.62. The second-order valence-corrected chi connectivity index (χ2v) is 2.09. The van der Waals surface area contributed by atoms with Gasteiger partial charge >= 0.3 is 79.3 Å². The van der Waals surface area contributed by atoms with Crippen LogP contribution in [0.3, 0.4) is 0 Å². The van der Waals surface area contributed by atoms with Gasteiger partial charge in [-0.05, 0) is 0 Å². The average molecular weight is 272 g/mol. The monoisotopic (exact) mass is 272 g/mol. The molecule has 50 valence electrons. The van der Waals surface area contributed by atoms with E-state index in [9.17, 15) is 8.42 Å². The fraction of sp³-hybridized carbons (Fsp3) is 0.333. The van der Waals surface area contributed by atoms with Crippen LogP contribution in [0.5, 0.6) is 0 Å². The Bertz CT molecular complexity index is 165. The van der Waals surface area contributed by atoms with E-state index in [-0.39, 0.29) is 76.9 Å². The minimum atomic E-state index is -4.26. The fourth-order valence-electron chi connectivity index (χ4n) is 0.134. The van der Waals surface area contributed by atoms with Crippen LogP contribution in [-0.2, 0) is 14.6 Å². The Labute approximate surface area is 115 Å². The minimum Gasteiger partial charge on any atom is -1.00 e. The molecule has 0 atom stereocenters. The van der Waals surface area contributed by atoms with Crippen LogP contribution in [0.2, 0.25) is 0 Å². The SMILES string of the molecule is C=CCOS(=O)(=O)O.[Cs+].[H-]. The Morgan fingerprint density at radius 2 is 2.22 bits per heavy atom. The van der Waals surface area contributed by atoms with E-state index >= 15 is 0 Å². The molecule has 4 nitrogen and oxygen atoms in total. The van der Waals surface area contributed by atoms with Crippen LogP contribution in [0, 0.1) is 0 Å². The first-order valence-electron chi connectivity index (χ1n) is 1.79. The molecule has 0 aliphatic carbocycles. The summed E-state index contributed by atoms with van der Waals surface area (Å²) in [6.45, 7) is 2.97. The third-order valence-electron chi connectivity index (χ3n) is 0.335. The van der Waals surface area contributed by atoms with Gasteiger partial charge in [-0.3, -0.25) is 4.55 Å². The molecule has 0 spiro atoms. The van der Waals surface area contributed by atoms with E-state index in [0.29, 0.717) is 0 Å². The van der Waals surface area contributed by atoms with Gasteiger partial charge in [0.1, 0.15) is 0 Å². The Morgan fingerprint density at radius 3 is 2.33 bits per heavy atom. The van der Waals surface area contributed by atoms with Crippen molar-refractivity contribution >= 4 is 10.4 Å². The van der Waals surface area contributed by atoms with Crippen LogP contribution >= 0.6 is 0 Å². The maximum Gasteiger partial charge on any atom is 1.00 e. The van der Waals surface area contributed by atoms with Crippen LogP contribution in [0.15, 0.2) is 12.7 Å². The van der Waals surface area contributed by atoms with Crippen LogP contribution in [-0.4, -0.2) is 19.6 Å². The summed E-state index contributed by atoms with van der Waals surface area (Å²) >= 11 is 0. The Kier molecular flexibility index (Phi) is 9.40. The summed E-state index contributed by atoms with van der Waals surface area (Å²) in [6.07, 6.45) is 1.22.